The van der Waals surface area contributed by atoms with E-state index in [0.29, 0.717) is 18.7 Å². The lowest BCUT2D eigenvalue weighted by Gasteiger charge is -2.17. The van der Waals surface area contributed by atoms with Crippen LogP contribution in [0.2, 0.25) is 0 Å². The Balaban J connectivity index is 2.10. The summed E-state index contributed by atoms with van der Waals surface area (Å²) in [6.07, 6.45) is 0.489. The summed E-state index contributed by atoms with van der Waals surface area (Å²) in [4.78, 5) is 11.5. The average molecular weight is 423 g/mol. The highest BCUT2D eigenvalue weighted by atomic mass is 32.2. The fourth-order valence-corrected chi connectivity index (χ4v) is 3.81. The molecular weight excluding hydrogens is 396 g/mol. The molecule has 1 atom stereocenters. The van der Waals surface area contributed by atoms with Gasteiger partial charge < -0.3 is 19.9 Å². The minimum absolute atomic E-state index is 0.102. The van der Waals surface area contributed by atoms with Crippen LogP contribution in [0.5, 0.6) is 5.75 Å². The zero-order valence-corrected chi connectivity index (χ0v) is 17.5. The third-order valence-corrected chi connectivity index (χ3v) is 5.67. The zero-order chi connectivity index (χ0) is 21.4. The van der Waals surface area contributed by atoms with Gasteiger partial charge >= 0.3 is 5.97 Å². The number of hydrogen-bond donors (Lipinski definition) is 3. The lowest BCUT2D eigenvalue weighted by atomic mass is 10.1. The molecule has 0 bridgehead atoms. The summed E-state index contributed by atoms with van der Waals surface area (Å²) in [5.41, 5.74) is 1.16. The third-order valence-electron chi connectivity index (χ3n) is 4.22. The number of rotatable bonds is 11. The van der Waals surface area contributed by atoms with Crippen molar-refractivity contribution in [2.75, 3.05) is 32.7 Å². The number of carboxylic acids is 1. The maximum atomic E-state index is 12.6. The van der Waals surface area contributed by atoms with Crippen molar-refractivity contribution in [1.29, 1.82) is 0 Å². The summed E-state index contributed by atoms with van der Waals surface area (Å²) in [5.74, 6) is -0.489. The highest BCUT2D eigenvalue weighted by Crippen LogP contribution is 2.22. The lowest BCUT2D eigenvalue weighted by molar-refractivity contribution is 0.0697. The number of ether oxygens (including phenoxy) is 2. The van der Waals surface area contributed by atoms with Crippen LogP contribution in [0, 0.1) is 0 Å². The van der Waals surface area contributed by atoms with Crippen molar-refractivity contribution in [3.8, 4) is 5.75 Å². The summed E-state index contributed by atoms with van der Waals surface area (Å²) in [5, 5.41) is 12.5. The molecule has 3 N–H and O–H groups in total. The van der Waals surface area contributed by atoms with E-state index < -0.39 is 16.0 Å². The Labute approximate surface area is 170 Å². The van der Waals surface area contributed by atoms with Crippen LogP contribution in [-0.4, -0.2) is 52.9 Å². The van der Waals surface area contributed by atoms with Crippen LogP contribution in [0.25, 0.3) is 0 Å². The van der Waals surface area contributed by atoms with Crippen molar-refractivity contribution in [2.45, 2.75) is 24.3 Å². The maximum Gasteiger partial charge on any atom is 0.337 e. The first-order chi connectivity index (χ1) is 13.8. The van der Waals surface area contributed by atoms with Gasteiger partial charge in [-0.25, -0.2) is 17.9 Å². The predicted octanol–water partition coefficient (Wildman–Crippen LogP) is 2.36. The topological polar surface area (TPSA) is 114 Å². The van der Waals surface area contributed by atoms with Crippen LogP contribution in [-0.2, 0) is 21.2 Å². The molecule has 158 valence electrons. The molecule has 0 heterocycles. The molecular formula is C20H26N2O6S. The minimum atomic E-state index is -3.85. The van der Waals surface area contributed by atoms with E-state index in [9.17, 15) is 18.3 Å². The summed E-state index contributed by atoms with van der Waals surface area (Å²) in [7, 11) is -0.723. The van der Waals surface area contributed by atoms with Crippen LogP contribution in [0.15, 0.2) is 47.4 Å². The van der Waals surface area contributed by atoms with Crippen molar-refractivity contribution < 1.29 is 27.8 Å². The first-order valence-electron chi connectivity index (χ1n) is 9.02. The largest absolute Gasteiger partial charge is 0.497 e. The second-order valence-corrected chi connectivity index (χ2v) is 8.28. The molecule has 0 saturated heterocycles. The summed E-state index contributed by atoms with van der Waals surface area (Å²) in [6.45, 7) is 2.40. The Morgan fingerprint density at radius 3 is 2.41 bits per heavy atom. The number of nitrogens with one attached hydrogen (secondary N) is 2. The molecule has 0 aliphatic heterocycles. The number of benzene rings is 2. The van der Waals surface area contributed by atoms with Crippen LogP contribution < -0.4 is 14.8 Å². The summed E-state index contributed by atoms with van der Waals surface area (Å²) >= 11 is 0. The molecule has 0 fully saturated rings. The highest BCUT2D eigenvalue weighted by molar-refractivity contribution is 7.89. The van der Waals surface area contributed by atoms with Gasteiger partial charge in [-0.2, -0.15) is 0 Å². The van der Waals surface area contributed by atoms with Crippen molar-refractivity contribution in [1.82, 2.24) is 4.72 Å². The van der Waals surface area contributed by atoms with Gasteiger partial charge in [-0.15, -0.1) is 0 Å². The lowest BCUT2D eigenvalue weighted by Crippen LogP contribution is -2.27. The van der Waals surface area contributed by atoms with E-state index in [1.54, 1.807) is 26.4 Å². The summed E-state index contributed by atoms with van der Waals surface area (Å²) < 4.78 is 37.8. The van der Waals surface area contributed by atoms with Crippen molar-refractivity contribution in [2.24, 2.45) is 0 Å². The molecule has 2 aromatic rings. The summed E-state index contributed by atoms with van der Waals surface area (Å²) in [6, 6.07) is 11.2. The van der Waals surface area contributed by atoms with Gasteiger partial charge in [0.2, 0.25) is 10.0 Å². The number of hydrogen-bond acceptors (Lipinski definition) is 6. The predicted molar refractivity (Wildman–Crippen MR) is 110 cm³/mol. The first-order valence-corrected chi connectivity index (χ1v) is 10.5. The number of carboxylic acid groups (broad SMARTS) is 1. The van der Waals surface area contributed by atoms with Crippen molar-refractivity contribution >= 4 is 21.7 Å². The molecule has 1 unspecified atom stereocenters. The molecule has 0 aliphatic carbocycles. The van der Waals surface area contributed by atoms with E-state index in [1.165, 1.54) is 12.1 Å². The van der Waals surface area contributed by atoms with Crippen LogP contribution in [0.4, 0.5) is 5.69 Å². The molecule has 2 aromatic carbocycles. The minimum Gasteiger partial charge on any atom is -0.497 e. The molecule has 0 aliphatic rings. The Morgan fingerprint density at radius 2 is 1.83 bits per heavy atom. The normalized spacial score (nSPS) is 12.4. The molecule has 0 amide bonds. The second-order valence-electron chi connectivity index (χ2n) is 6.51. The molecule has 0 saturated carbocycles. The molecule has 9 heteroatoms. The quantitative estimate of drug-likeness (QED) is 0.509. The standard InChI is InChI=1S/C20H26N2O6S/c1-14(13-27-2)22-19-9-8-17(12-18(19)20(23)24)29(25,26)21-11-10-15-4-6-16(28-3)7-5-15/h4-9,12,14,21-22H,10-11,13H2,1-3H3,(H,23,24). The van der Waals surface area contributed by atoms with Gasteiger partial charge in [0.1, 0.15) is 5.75 Å². The first kappa shape index (κ1) is 22.7. The van der Waals surface area contributed by atoms with E-state index >= 15 is 0 Å². The Morgan fingerprint density at radius 1 is 1.14 bits per heavy atom. The molecule has 2 rings (SSSR count). The monoisotopic (exact) mass is 422 g/mol. The van der Waals surface area contributed by atoms with Gasteiger partial charge in [-0.3, -0.25) is 0 Å². The van der Waals surface area contributed by atoms with Crippen molar-refractivity contribution in [3.05, 3.63) is 53.6 Å². The van der Waals surface area contributed by atoms with Crippen LogP contribution >= 0.6 is 0 Å². The Kier molecular flexibility index (Phi) is 8.00. The molecule has 8 nitrogen and oxygen atoms in total. The Bertz CT molecular complexity index is 928. The number of methoxy groups -OCH3 is 2. The van der Waals surface area contributed by atoms with E-state index in [2.05, 4.69) is 10.0 Å². The van der Waals surface area contributed by atoms with E-state index in [1.807, 2.05) is 19.1 Å². The fourth-order valence-electron chi connectivity index (χ4n) is 2.76. The van der Waals surface area contributed by atoms with Gasteiger partial charge in [0.25, 0.3) is 0 Å². The van der Waals surface area contributed by atoms with Gasteiger partial charge in [-0.1, -0.05) is 12.1 Å². The molecule has 0 spiro atoms. The third kappa shape index (κ3) is 6.45. The highest BCUT2D eigenvalue weighted by Gasteiger charge is 2.19. The number of aromatic carboxylic acids is 1. The maximum absolute atomic E-state index is 12.6. The molecule has 0 radical (unpaired) electrons. The average Bonchev–Trinajstić information content (AvgIpc) is 2.68. The fraction of sp³-hybridized carbons (Fsp3) is 0.350. The number of sulfonamides is 1. The number of anilines is 1. The van der Waals surface area contributed by atoms with E-state index in [0.717, 1.165) is 17.4 Å². The molecule has 29 heavy (non-hydrogen) atoms. The van der Waals surface area contributed by atoms with Crippen molar-refractivity contribution in [3.63, 3.8) is 0 Å². The smallest absolute Gasteiger partial charge is 0.337 e. The van der Waals surface area contributed by atoms with Crippen LogP contribution in [0.3, 0.4) is 0 Å². The van der Waals surface area contributed by atoms with Crippen LogP contribution in [0.1, 0.15) is 22.8 Å². The molecule has 0 aromatic heterocycles. The Hall–Kier alpha value is -2.62. The van der Waals surface area contributed by atoms with Gasteiger partial charge in [-0.05, 0) is 49.2 Å². The van der Waals surface area contributed by atoms with E-state index in [-0.39, 0.29) is 23.0 Å². The number of carbonyl (C=O) groups is 1. The van der Waals surface area contributed by atoms with Gasteiger partial charge in [0.05, 0.1) is 24.2 Å². The second kappa shape index (κ2) is 10.2. The van der Waals surface area contributed by atoms with E-state index in [4.69, 9.17) is 9.47 Å². The van der Waals surface area contributed by atoms with Gasteiger partial charge in [0.15, 0.2) is 0 Å². The zero-order valence-electron chi connectivity index (χ0n) is 16.6. The van der Waals surface area contributed by atoms with Gasteiger partial charge in [0, 0.05) is 25.4 Å². The SMILES string of the molecule is COCC(C)Nc1ccc(S(=O)(=O)NCCc2ccc(OC)cc2)cc1C(=O)O.